The second kappa shape index (κ2) is 7.33. The van der Waals surface area contributed by atoms with Gasteiger partial charge in [-0.3, -0.25) is 14.5 Å². The third-order valence-corrected chi connectivity index (χ3v) is 6.19. The van der Waals surface area contributed by atoms with Gasteiger partial charge in [0.05, 0.1) is 0 Å². The number of hydrogen-bond acceptors (Lipinski definition) is 3. The quantitative estimate of drug-likeness (QED) is 0.783. The third-order valence-electron chi connectivity index (χ3n) is 6.19. The lowest BCUT2D eigenvalue weighted by Crippen LogP contribution is -2.47. The highest BCUT2D eigenvalue weighted by atomic mass is 16.2. The summed E-state index contributed by atoms with van der Waals surface area (Å²) >= 11 is 0. The van der Waals surface area contributed by atoms with Crippen molar-refractivity contribution in [2.24, 2.45) is 0 Å². The predicted octanol–water partition coefficient (Wildman–Crippen LogP) is 2.43. The highest BCUT2D eigenvalue weighted by Gasteiger charge is 2.44. The van der Waals surface area contributed by atoms with E-state index in [2.05, 4.69) is 17.4 Å². The smallest absolute Gasteiger partial charge is 0.327 e. The van der Waals surface area contributed by atoms with E-state index in [0.29, 0.717) is 6.54 Å². The van der Waals surface area contributed by atoms with Crippen LogP contribution in [0.4, 0.5) is 4.79 Å². The molecular weight excluding hydrogens is 342 g/mol. The molecule has 144 valence electrons. The van der Waals surface area contributed by atoms with Gasteiger partial charge in [0.2, 0.25) is 5.91 Å². The highest BCUT2D eigenvalue weighted by molar-refractivity contribution is 6.04. The maximum atomic E-state index is 12.5. The first kappa shape index (κ1) is 18.0. The molecular formula is C21H27N3O3. The number of hydrogen-bond donors (Lipinski definition) is 1. The molecule has 27 heavy (non-hydrogen) atoms. The van der Waals surface area contributed by atoms with Crippen molar-refractivity contribution in [2.45, 2.75) is 56.4 Å². The van der Waals surface area contributed by atoms with Crippen LogP contribution in [0.25, 0.3) is 0 Å². The Morgan fingerprint density at radius 2 is 1.78 bits per heavy atom. The fourth-order valence-electron chi connectivity index (χ4n) is 4.44. The molecule has 3 fully saturated rings. The Morgan fingerprint density at radius 1 is 1.07 bits per heavy atom. The number of amides is 4. The van der Waals surface area contributed by atoms with E-state index in [-0.39, 0.29) is 42.4 Å². The van der Waals surface area contributed by atoms with Gasteiger partial charge in [-0.15, -0.1) is 0 Å². The molecule has 0 spiro atoms. The average Bonchev–Trinajstić information content (AvgIpc) is 3.50. The van der Waals surface area contributed by atoms with Gasteiger partial charge in [0, 0.05) is 18.0 Å². The van der Waals surface area contributed by atoms with Gasteiger partial charge in [0.1, 0.15) is 13.1 Å². The first-order chi connectivity index (χ1) is 13.1. The van der Waals surface area contributed by atoms with Gasteiger partial charge in [0.25, 0.3) is 5.91 Å². The molecule has 0 aromatic heterocycles. The van der Waals surface area contributed by atoms with Crippen LogP contribution in [0.5, 0.6) is 0 Å². The van der Waals surface area contributed by atoms with E-state index in [1.165, 1.54) is 12.0 Å². The standard InChI is InChI=1S/C21H27N3O3/c25-18(13-24-19(26)14-23(20(24)27)17-9-10-17)22-15-21(11-5-2-6-12-21)16-7-3-1-4-8-16/h1,3-4,7-8,17H,2,5-6,9-15H2,(H,22,25). The van der Waals surface area contributed by atoms with Crippen LogP contribution in [-0.2, 0) is 15.0 Å². The van der Waals surface area contributed by atoms with E-state index in [4.69, 9.17) is 0 Å². The Bertz CT molecular complexity index is 723. The van der Waals surface area contributed by atoms with Gasteiger partial charge in [-0.05, 0) is 31.2 Å². The maximum Gasteiger partial charge on any atom is 0.327 e. The lowest BCUT2D eigenvalue weighted by molar-refractivity contribution is -0.130. The summed E-state index contributed by atoms with van der Waals surface area (Å²) < 4.78 is 0. The van der Waals surface area contributed by atoms with Crippen LogP contribution in [0.1, 0.15) is 50.5 Å². The summed E-state index contributed by atoms with van der Waals surface area (Å²) in [6, 6.07) is 10.3. The number of carbonyl (C=O) groups is 3. The lowest BCUT2D eigenvalue weighted by Gasteiger charge is -2.38. The molecule has 0 radical (unpaired) electrons. The van der Waals surface area contributed by atoms with E-state index >= 15 is 0 Å². The number of imide groups is 1. The van der Waals surface area contributed by atoms with E-state index < -0.39 is 0 Å². The topological polar surface area (TPSA) is 69.7 Å². The predicted molar refractivity (Wildman–Crippen MR) is 101 cm³/mol. The fraction of sp³-hybridized carbons (Fsp3) is 0.571. The van der Waals surface area contributed by atoms with Gasteiger partial charge in [-0.1, -0.05) is 49.6 Å². The number of carbonyl (C=O) groups excluding carboxylic acids is 3. The lowest BCUT2D eigenvalue weighted by atomic mass is 9.69. The molecule has 1 heterocycles. The second-order valence-corrected chi connectivity index (χ2v) is 8.11. The van der Waals surface area contributed by atoms with Crippen LogP contribution in [0.15, 0.2) is 30.3 Å². The molecule has 2 saturated carbocycles. The first-order valence-electron chi connectivity index (χ1n) is 10.0. The molecule has 1 aliphatic heterocycles. The number of urea groups is 1. The third kappa shape index (κ3) is 3.70. The van der Waals surface area contributed by atoms with Gasteiger partial charge < -0.3 is 10.2 Å². The van der Waals surface area contributed by atoms with Gasteiger partial charge >= 0.3 is 6.03 Å². The Labute approximate surface area is 159 Å². The highest BCUT2D eigenvalue weighted by Crippen LogP contribution is 2.39. The molecule has 2 aliphatic carbocycles. The van der Waals surface area contributed by atoms with Crippen molar-refractivity contribution in [3.63, 3.8) is 0 Å². The van der Waals surface area contributed by atoms with Gasteiger partial charge in [-0.25, -0.2) is 4.79 Å². The second-order valence-electron chi connectivity index (χ2n) is 8.11. The zero-order chi connectivity index (χ0) is 18.9. The molecule has 6 heteroatoms. The monoisotopic (exact) mass is 369 g/mol. The van der Waals surface area contributed by atoms with Crippen molar-refractivity contribution in [2.75, 3.05) is 19.6 Å². The summed E-state index contributed by atoms with van der Waals surface area (Å²) in [5.41, 5.74) is 1.21. The molecule has 1 aromatic rings. The van der Waals surface area contributed by atoms with Crippen LogP contribution in [-0.4, -0.2) is 53.3 Å². The molecule has 1 N–H and O–H groups in total. The van der Waals surface area contributed by atoms with E-state index in [1.807, 2.05) is 18.2 Å². The van der Waals surface area contributed by atoms with Crippen LogP contribution < -0.4 is 5.32 Å². The Balaban J connectivity index is 1.38. The normalized spacial score (nSPS) is 22.2. The molecule has 6 nitrogen and oxygen atoms in total. The minimum absolute atomic E-state index is 0.0474. The van der Waals surface area contributed by atoms with Crippen LogP contribution in [0.3, 0.4) is 0 Å². The van der Waals surface area contributed by atoms with Crippen LogP contribution in [0.2, 0.25) is 0 Å². The van der Waals surface area contributed by atoms with E-state index in [1.54, 1.807) is 4.90 Å². The first-order valence-corrected chi connectivity index (χ1v) is 10.0. The van der Waals surface area contributed by atoms with Gasteiger partial charge in [0.15, 0.2) is 0 Å². The van der Waals surface area contributed by atoms with Crippen molar-refractivity contribution >= 4 is 17.8 Å². The van der Waals surface area contributed by atoms with Crippen molar-refractivity contribution in [3.8, 4) is 0 Å². The van der Waals surface area contributed by atoms with Gasteiger partial charge in [-0.2, -0.15) is 0 Å². The van der Waals surface area contributed by atoms with Crippen molar-refractivity contribution in [3.05, 3.63) is 35.9 Å². The molecule has 0 bridgehead atoms. The van der Waals surface area contributed by atoms with Crippen molar-refractivity contribution in [1.82, 2.24) is 15.1 Å². The average molecular weight is 369 g/mol. The zero-order valence-electron chi connectivity index (χ0n) is 15.7. The fourth-order valence-corrected chi connectivity index (χ4v) is 4.44. The van der Waals surface area contributed by atoms with Crippen molar-refractivity contribution < 1.29 is 14.4 Å². The SMILES string of the molecule is O=C(CN1C(=O)CN(C2CC2)C1=O)NCC1(c2ccccc2)CCCCC1. The molecule has 4 amide bonds. The maximum absolute atomic E-state index is 12.5. The number of nitrogens with one attached hydrogen (secondary N) is 1. The largest absolute Gasteiger partial charge is 0.354 e. The summed E-state index contributed by atoms with van der Waals surface area (Å²) in [4.78, 5) is 39.7. The molecule has 1 aromatic carbocycles. The summed E-state index contributed by atoms with van der Waals surface area (Å²) in [5.74, 6) is -0.521. The zero-order valence-corrected chi connectivity index (χ0v) is 15.7. The van der Waals surface area contributed by atoms with Crippen LogP contribution in [0, 0.1) is 0 Å². The Morgan fingerprint density at radius 3 is 2.44 bits per heavy atom. The molecule has 0 atom stereocenters. The molecule has 0 unspecified atom stereocenters. The number of nitrogens with zero attached hydrogens (tertiary/aromatic N) is 2. The number of benzene rings is 1. The minimum atomic E-state index is -0.312. The van der Waals surface area contributed by atoms with Crippen LogP contribution >= 0.6 is 0 Å². The van der Waals surface area contributed by atoms with Crippen molar-refractivity contribution in [1.29, 1.82) is 0 Å². The summed E-state index contributed by atoms with van der Waals surface area (Å²) in [5, 5.41) is 3.02. The summed E-state index contributed by atoms with van der Waals surface area (Å²) in [6.07, 6.45) is 7.56. The van der Waals surface area contributed by atoms with E-state index in [9.17, 15) is 14.4 Å². The Kier molecular flexibility index (Phi) is 4.89. The minimum Gasteiger partial charge on any atom is -0.354 e. The molecule has 3 aliphatic rings. The number of rotatable bonds is 6. The molecule has 4 rings (SSSR count). The van der Waals surface area contributed by atoms with E-state index in [0.717, 1.165) is 43.4 Å². The Hall–Kier alpha value is -2.37. The summed E-state index contributed by atoms with van der Waals surface area (Å²) in [7, 11) is 0. The summed E-state index contributed by atoms with van der Waals surface area (Å²) in [6.45, 7) is 0.495. The molecule has 1 saturated heterocycles.